The van der Waals surface area contributed by atoms with Crippen molar-refractivity contribution in [3.05, 3.63) is 48.2 Å². The standard InChI is InChI=1S/C22H28N6O3S/c1-2-32(30,31)20-7-5-19(6-8-20)28-14-9-18(10-15-28)27-22(29)26-13-12-25-21-17(16-23)4-3-11-24-21/h3-8,11,18H,2,9-10,12-15H2,1H3,(H,24,25)(H2,26,27,29). The van der Waals surface area contributed by atoms with E-state index in [1.165, 1.54) is 0 Å². The van der Waals surface area contributed by atoms with Crippen molar-refractivity contribution in [2.75, 3.05) is 42.1 Å². The molecule has 1 saturated heterocycles. The molecule has 0 radical (unpaired) electrons. The Hall–Kier alpha value is -3.32. The first-order chi connectivity index (χ1) is 15.4. The molecule has 1 aliphatic heterocycles. The maximum Gasteiger partial charge on any atom is 0.315 e. The predicted molar refractivity (Wildman–Crippen MR) is 123 cm³/mol. The molecule has 0 aliphatic carbocycles. The van der Waals surface area contributed by atoms with Crippen LogP contribution in [0.4, 0.5) is 16.3 Å². The van der Waals surface area contributed by atoms with Crippen LogP contribution in [0.5, 0.6) is 0 Å². The van der Waals surface area contributed by atoms with Crippen LogP contribution in [0.15, 0.2) is 47.5 Å². The van der Waals surface area contributed by atoms with Gasteiger partial charge in [-0.25, -0.2) is 18.2 Å². The molecule has 0 saturated carbocycles. The van der Waals surface area contributed by atoms with Gasteiger partial charge in [-0.2, -0.15) is 5.26 Å². The van der Waals surface area contributed by atoms with E-state index in [4.69, 9.17) is 5.26 Å². The summed E-state index contributed by atoms with van der Waals surface area (Å²) < 4.78 is 23.9. The SMILES string of the molecule is CCS(=O)(=O)c1ccc(N2CCC(NC(=O)NCCNc3ncccc3C#N)CC2)cc1. The van der Waals surface area contributed by atoms with Gasteiger partial charge in [0.15, 0.2) is 9.84 Å². The van der Waals surface area contributed by atoms with Crippen LogP contribution in [0.25, 0.3) is 0 Å². The molecule has 1 fully saturated rings. The molecule has 2 heterocycles. The summed E-state index contributed by atoms with van der Waals surface area (Å²) in [5.41, 5.74) is 1.45. The second-order valence-corrected chi connectivity index (χ2v) is 9.78. The fourth-order valence-electron chi connectivity index (χ4n) is 3.54. The van der Waals surface area contributed by atoms with Gasteiger partial charge >= 0.3 is 6.03 Å². The number of nitriles is 1. The molecule has 32 heavy (non-hydrogen) atoms. The van der Waals surface area contributed by atoms with Gasteiger partial charge in [-0.05, 0) is 49.2 Å². The van der Waals surface area contributed by atoms with Crippen LogP contribution in [0.2, 0.25) is 0 Å². The van der Waals surface area contributed by atoms with Gasteiger partial charge in [-0.3, -0.25) is 0 Å². The second kappa shape index (κ2) is 10.8. The number of amides is 2. The van der Waals surface area contributed by atoms with Crippen LogP contribution in [0.3, 0.4) is 0 Å². The Morgan fingerprint density at radius 2 is 1.91 bits per heavy atom. The van der Waals surface area contributed by atoms with E-state index in [0.717, 1.165) is 31.6 Å². The van der Waals surface area contributed by atoms with Gasteiger partial charge in [0.1, 0.15) is 11.9 Å². The fourth-order valence-corrected chi connectivity index (χ4v) is 4.43. The summed E-state index contributed by atoms with van der Waals surface area (Å²) >= 11 is 0. The highest BCUT2D eigenvalue weighted by Crippen LogP contribution is 2.22. The zero-order valence-corrected chi connectivity index (χ0v) is 18.9. The monoisotopic (exact) mass is 456 g/mol. The minimum atomic E-state index is -3.19. The third-order valence-corrected chi connectivity index (χ3v) is 7.15. The second-order valence-electron chi connectivity index (χ2n) is 7.50. The number of nitrogens with zero attached hydrogens (tertiary/aromatic N) is 3. The third kappa shape index (κ3) is 6.11. The van der Waals surface area contributed by atoms with Crippen LogP contribution >= 0.6 is 0 Å². The van der Waals surface area contributed by atoms with Crippen LogP contribution in [-0.4, -0.2) is 57.4 Å². The summed E-state index contributed by atoms with van der Waals surface area (Å²) in [5, 5.41) is 17.9. The number of pyridine rings is 1. The lowest BCUT2D eigenvalue weighted by Crippen LogP contribution is -2.48. The van der Waals surface area contributed by atoms with E-state index in [9.17, 15) is 13.2 Å². The molecule has 10 heteroatoms. The van der Waals surface area contributed by atoms with Crippen molar-refractivity contribution >= 4 is 27.4 Å². The van der Waals surface area contributed by atoms with Crippen LogP contribution in [-0.2, 0) is 9.84 Å². The lowest BCUT2D eigenvalue weighted by molar-refractivity contribution is 0.235. The largest absolute Gasteiger partial charge is 0.371 e. The average Bonchev–Trinajstić information content (AvgIpc) is 2.82. The highest BCUT2D eigenvalue weighted by molar-refractivity contribution is 7.91. The minimum Gasteiger partial charge on any atom is -0.371 e. The molecule has 0 spiro atoms. The molecule has 9 nitrogen and oxygen atoms in total. The van der Waals surface area contributed by atoms with E-state index in [-0.39, 0.29) is 17.8 Å². The van der Waals surface area contributed by atoms with E-state index in [2.05, 4.69) is 31.9 Å². The van der Waals surface area contributed by atoms with Crippen LogP contribution < -0.4 is 20.9 Å². The van der Waals surface area contributed by atoms with Gasteiger partial charge in [0.05, 0.1) is 16.2 Å². The number of anilines is 2. The lowest BCUT2D eigenvalue weighted by atomic mass is 10.0. The summed E-state index contributed by atoms with van der Waals surface area (Å²) in [4.78, 5) is 18.8. The first-order valence-electron chi connectivity index (χ1n) is 10.6. The maximum atomic E-state index is 12.2. The third-order valence-electron chi connectivity index (χ3n) is 5.40. The molecule has 0 atom stereocenters. The quantitative estimate of drug-likeness (QED) is 0.519. The number of nitrogens with one attached hydrogen (secondary N) is 3. The van der Waals surface area contributed by atoms with Gasteiger partial charge in [0.25, 0.3) is 0 Å². The number of carbonyl (C=O) groups is 1. The number of hydrogen-bond acceptors (Lipinski definition) is 7. The lowest BCUT2D eigenvalue weighted by Gasteiger charge is -2.34. The first kappa shape index (κ1) is 23.3. The maximum absolute atomic E-state index is 12.2. The number of sulfone groups is 1. The predicted octanol–water partition coefficient (Wildman–Crippen LogP) is 2.13. The van der Waals surface area contributed by atoms with E-state index >= 15 is 0 Å². The molecule has 2 aromatic rings. The Labute approximate surface area is 188 Å². The summed E-state index contributed by atoms with van der Waals surface area (Å²) in [7, 11) is -3.19. The number of piperidine rings is 1. The van der Waals surface area contributed by atoms with Crippen molar-refractivity contribution in [2.24, 2.45) is 0 Å². The van der Waals surface area contributed by atoms with E-state index in [1.807, 2.05) is 12.1 Å². The van der Waals surface area contributed by atoms with Gasteiger partial charge < -0.3 is 20.9 Å². The first-order valence-corrected chi connectivity index (χ1v) is 12.3. The molecule has 3 rings (SSSR count). The number of rotatable bonds is 8. The molecule has 1 aromatic carbocycles. The molecular weight excluding hydrogens is 428 g/mol. The van der Waals surface area contributed by atoms with Gasteiger partial charge in [-0.15, -0.1) is 0 Å². The molecule has 1 aliphatic rings. The summed E-state index contributed by atoms with van der Waals surface area (Å²) in [5.74, 6) is 0.593. The van der Waals surface area contributed by atoms with Gasteiger partial charge in [0, 0.05) is 44.1 Å². The van der Waals surface area contributed by atoms with Gasteiger partial charge in [-0.1, -0.05) is 6.92 Å². The molecule has 3 N–H and O–H groups in total. The van der Waals surface area contributed by atoms with Crippen molar-refractivity contribution < 1.29 is 13.2 Å². The normalized spacial score (nSPS) is 14.4. The van der Waals surface area contributed by atoms with Crippen molar-refractivity contribution in [2.45, 2.75) is 30.7 Å². The molecule has 170 valence electrons. The summed E-state index contributed by atoms with van der Waals surface area (Å²) in [6.07, 6.45) is 3.22. The Balaban J connectivity index is 1.38. The number of carbonyl (C=O) groups excluding carboxylic acids is 1. The topological polar surface area (TPSA) is 127 Å². The number of aromatic nitrogens is 1. The summed E-state index contributed by atoms with van der Waals surface area (Å²) in [6.45, 7) is 4.06. The Morgan fingerprint density at radius 3 is 2.56 bits per heavy atom. The Kier molecular flexibility index (Phi) is 7.89. The zero-order chi connectivity index (χ0) is 23.0. The van der Waals surface area contributed by atoms with Gasteiger partial charge in [0.2, 0.25) is 0 Å². The Bertz CT molecular complexity index is 1060. The highest BCUT2D eigenvalue weighted by atomic mass is 32.2. The number of urea groups is 1. The molecule has 2 amide bonds. The number of hydrogen-bond donors (Lipinski definition) is 3. The van der Waals surface area contributed by atoms with E-state index in [1.54, 1.807) is 37.4 Å². The van der Waals surface area contributed by atoms with Crippen molar-refractivity contribution in [3.8, 4) is 6.07 Å². The minimum absolute atomic E-state index is 0.0833. The summed E-state index contributed by atoms with van der Waals surface area (Å²) in [6, 6.07) is 12.3. The number of benzene rings is 1. The Morgan fingerprint density at radius 1 is 1.19 bits per heavy atom. The fraction of sp³-hybridized carbons (Fsp3) is 0.409. The van der Waals surface area contributed by atoms with E-state index in [0.29, 0.717) is 29.4 Å². The molecule has 0 bridgehead atoms. The zero-order valence-electron chi connectivity index (χ0n) is 18.0. The molecule has 1 aromatic heterocycles. The van der Waals surface area contributed by atoms with E-state index < -0.39 is 9.84 Å². The molecular formula is C22H28N6O3S. The molecule has 0 unspecified atom stereocenters. The van der Waals surface area contributed by atoms with Crippen LogP contribution in [0.1, 0.15) is 25.3 Å². The highest BCUT2D eigenvalue weighted by Gasteiger charge is 2.21. The van der Waals surface area contributed by atoms with Crippen molar-refractivity contribution in [3.63, 3.8) is 0 Å². The smallest absolute Gasteiger partial charge is 0.315 e. The van der Waals surface area contributed by atoms with Crippen LogP contribution in [0, 0.1) is 11.3 Å². The van der Waals surface area contributed by atoms with Crippen molar-refractivity contribution in [1.29, 1.82) is 5.26 Å². The average molecular weight is 457 g/mol. The van der Waals surface area contributed by atoms with Crippen molar-refractivity contribution in [1.82, 2.24) is 15.6 Å².